The second-order valence-electron chi connectivity index (χ2n) is 2.86. The van der Waals surface area contributed by atoms with Crippen molar-refractivity contribution in [2.75, 3.05) is 0 Å². The van der Waals surface area contributed by atoms with Crippen LogP contribution in [-0.2, 0) is 0 Å². The Balaban J connectivity index is 2.69. The highest BCUT2D eigenvalue weighted by molar-refractivity contribution is 6.29. The summed E-state index contributed by atoms with van der Waals surface area (Å²) in [5.74, 6) is 0. The molecule has 14 heavy (non-hydrogen) atoms. The van der Waals surface area contributed by atoms with E-state index in [0.29, 0.717) is 5.15 Å². The zero-order chi connectivity index (χ0) is 9.97. The van der Waals surface area contributed by atoms with Gasteiger partial charge in [-0.1, -0.05) is 35.9 Å². The third-order valence-electron chi connectivity index (χ3n) is 1.92. The Bertz CT molecular complexity index is 490. The van der Waals surface area contributed by atoms with Crippen LogP contribution in [0.2, 0.25) is 5.15 Å². The van der Waals surface area contributed by atoms with Crippen molar-refractivity contribution in [1.29, 1.82) is 0 Å². The van der Waals surface area contributed by atoms with Gasteiger partial charge in [-0.05, 0) is 18.2 Å². The molecule has 0 aliphatic heterocycles. The Morgan fingerprint density at radius 3 is 2.29 bits per heavy atom. The first kappa shape index (κ1) is 9.03. The van der Waals surface area contributed by atoms with Crippen LogP contribution < -0.4 is 5.56 Å². The number of hydrogen-bond acceptors (Lipinski definition) is 1. The molecule has 1 aromatic carbocycles. The molecule has 1 heterocycles. The molecule has 0 unspecified atom stereocenters. The van der Waals surface area contributed by atoms with Crippen LogP contribution in [0.4, 0.5) is 0 Å². The summed E-state index contributed by atoms with van der Waals surface area (Å²) in [7, 11) is 0. The number of rotatable bonds is 1. The second kappa shape index (κ2) is 3.68. The van der Waals surface area contributed by atoms with Crippen LogP contribution in [0.1, 0.15) is 0 Å². The molecule has 2 nitrogen and oxygen atoms in total. The first-order valence-electron chi connectivity index (χ1n) is 4.22. The summed E-state index contributed by atoms with van der Waals surface area (Å²) in [5.41, 5.74) is 0.659. The first-order valence-corrected chi connectivity index (χ1v) is 4.60. The normalized spacial score (nSPS) is 10.1. The van der Waals surface area contributed by atoms with Gasteiger partial charge in [0.15, 0.2) is 0 Å². The number of para-hydroxylation sites is 1. The van der Waals surface area contributed by atoms with Gasteiger partial charge in [0.1, 0.15) is 5.15 Å². The molecule has 3 heteroatoms. The van der Waals surface area contributed by atoms with Crippen LogP contribution in [0.5, 0.6) is 0 Å². The molecule has 1 aromatic heterocycles. The first-order chi connectivity index (χ1) is 6.79. The smallest absolute Gasteiger partial charge is 0.256 e. The largest absolute Gasteiger partial charge is 0.269 e. The number of nitrogens with zero attached hydrogens (tertiary/aromatic N) is 1. The zero-order valence-electron chi connectivity index (χ0n) is 7.35. The van der Waals surface area contributed by atoms with Crippen molar-refractivity contribution in [3.05, 3.63) is 64.0 Å². The summed E-state index contributed by atoms with van der Waals surface area (Å²) in [6.07, 6.45) is 0. The number of pyridine rings is 1. The average molecular weight is 206 g/mol. The van der Waals surface area contributed by atoms with E-state index < -0.39 is 0 Å². The van der Waals surface area contributed by atoms with E-state index in [2.05, 4.69) is 0 Å². The Morgan fingerprint density at radius 1 is 0.929 bits per heavy atom. The van der Waals surface area contributed by atoms with Crippen molar-refractivity contribution in [1.82, 2.24) is 4.57 Å². The molecule has 0 aliphatic rings. The maximum atomic E-state index is 11.5. The van der Waals surface area contributed by atoms with E-state index in [9.17, 15) is 4.79 Å². The van der Waals surface area contributed by atoms with E-state index in [1.165, 1.54) is 10.6 Å². The minimum absolute atomic E-state index is 0.122. The van der Waals surface area contributed by atoms with E-state index in [1.807, 2.05) is 30.3 Å². The van der Waals surface area contributed by atoms with Crippen molar-refractivity contribution < 1.29 is 0 Å². The summed E-state index contributed by atoms with van der Waals surface area (Å²) < 4.78 is 1.46. The van der Waals surface area contributed by atoms with Crippen molar-refractivity contribution in [2.45, 2.75) is 0 Å². The summed E-state index contributed by atoms with van der Waals surface area (Å²) >= 11 is 5.93. The lowest BCUT2D eigenvalue weighted by molar-refractivity contribution is 0.991. The van der Waals surface area contributed by atoms with Crippen molar-refractivity contribution >= 4 is 11.6 Å². The molecular formula is C11H8ClNO. The minimum atomic E-state index is -0.122. The predicted octanol–water partition coefficient (Wildman–Crippen LogP) is 2.49. The summed E-state index contributed by atoms with van der Waals surface area (Å²) in [5, 5.41) is 0.420. The fourth-order valence-corrected chi connectivity index (χ4v) is 1.55. The Morgan fingerprint density at radius 2 is 1.64 bits per heavy atom. The van der Waals surface area contributed by atoms with E-state index in [0.717, 1.165) is 5.69 Å². The molecule has 0 radical (unpaired) electrons. The molecule has 0 N–H and O–H groups in total. The van der Waals surface area contributed by atoms with Gasteiger partial charge in [0.05, 0.1) is 5.69 Å². The molecule has 2 aromatic rings. The Kier molecular flexibility index (Phi) is 2.37. The van der Waals surface area contributed by atoms with Gasteiger partial charge in [0.2, 0.25) is 0 Å². The van der Waals surface area contributed by atoms with Crippen molar-refractivity contribution in [3.63, 3.8) is 0 Å². The van der Waals surface area contributed by atoms with Crippen LogP contribution in [0.15, 0.2) is 53.3 Å². The van der Waals surface area contributed by atoms with E-state index in [1.54, 1.807) is 12.1 Å². The summed E-state index contributed by atoms with van der Waals surface area (Å²) in [6, 6.07) is 14.1. The number of halogens is 1. The minimum Gasteiger partial charge on any atom is -0.269 e. The topological polar surface area (TPSA) is 22.0 Å². The molecule has 0 atom stereocenters. The fourth-order valence-electron chi connectivity index (χ4n) is 1.29. The number of aromatic nitrogens is 1. The van der Waals surface area contributed by atoms with E-state index in [4.69, 9.17) is 11.6 Å². The molecule has 0 amide bonds. The molecule has 0 saturated heterocycles. The third-order valence-corrected chi connectivity index (χ3v) is 2.22. The fraction of sp³-hybridized carbons (Fsp3) is 0. The van der Waals surface area contributed by atoms with Crippen molar-refractivity contribution in [3.8, 4) is 5.69 Å². The van der Waals surface area contributed by atoms with Gasteiger partial charge in [0.25, 0.3) is 5.56 Å². The van der Waals surface area contributed by atoms with Crippen molar-refractivity contribution in [2.24, 2.45) is 0 Å². The van der Waals surface area contributed by atoms with Gasteiger partial charge in [-0.25, -0.2) is 0 Å². The van der Waals surface area contributed by atoms with E-state index in [-0.39, 0.29) is 5.56 Å². The molecule has 70 valence electrons. The maximum Gasteiger partial charge on any atom is 0.256 e. The van der Waals surface area contributed by atoms with Gasteiger partial charge in [-0.15, -0.1) is 0 Å². The van der Waals surface area contributed by atoms with Crippen LogP contribution in [-0.4, -0.2) is 4.57 Å². The van der Waals surface area contributed by atoms with Gasteiger partial charge in [0, 0.05) is 6.07 Å². The Labute approximate surface area is 86.4 Å². The molecule has 0 saturated carbocycles. The van der Waals surface area contributed by atoms with E-state index >= 15 is 0 Å². The molecular weight excluding hydrogens is 198 g/mol. The highest BCUT2D eigenvalue weighted by atomic mass is 35.5. The number of benzene rings is 1. The zero-order valence-corrected chi connectivity index (χ0v) is 8.11. The highest BCUT2D eigenvalue weighted by Gasteiger charge is 2.01. The average Bonchev–Trinajstić information content (AvgIpc) is 2.19. The highest BCUT2D eigenvalue weighted by Crippen LogP contribution is 2.11. The molecule has 0 bridgehead atoms. The van der Waals surface area contributed by atoms with Crippen LogP contribution in [0.25, 0.3) is 5.69 Å². The standard InChI is InChI=1S/C11H8ClNO/c12-10-7-4-8-11(14)13(10)9-5-2-1-3-6-9/h1-8H. The van der Waals surface area contributed by atoms with Crippen LogP contribution in [0.3, 0.4) is 0 Å². The quantitative estimate of drug-likeness (QED) is 0.656. The second-order valence-corrected chi connectivity index (χ2v) is 3.24. The summed E-state index contributed by atoms with van der Waals surface area (Å²) in [4.78, 5) is 11.5. The molecule has 2 rings (SSSR count). The summed E-state index contributed by atoms with van der Waals surface area (Å²) in [6.45, 7) is 0. The lowest BCUT2D eigenvalue weighted by Gasteiger charge is -2.06. The number of hydrogen-bond donors (Lipinski definition) is 0. The van der Waals surface area contributed by atoms with Gasteiger partial charge in [-0.2, -0.15) is 0 Å². The van der Waals surface area contributed by atoms with Crippen LogP contribution in [0, 0.1) is 0 Å². The van der Waals surface area contributed by atoms with Gasteiger partial charge < -0.3 is 0 Å². The lowest BCUT2D eigenvalue weighted by Crippen LogP contribution is -2.16. The molecule has 0 spiro atoms. The molecule has 0 fully saturated rings. The monoisotopic (exact) mass is 205 g/mol. The SMILES string of the molecule is O=c1cccc(Cl)n1-c1ccccc1. The maximum absolute atomic E-state index is 11.5. The lowest BCUT2D eigenvalue weighted by atomic mass is 10.3. The van der Waals surface area contributed by atoms with Gasteiger partial charge >= 0.3 is 0 Å². The predicted molar refractivity (Wildman–Crippen MR) is 57.0 cm³/mol. The van der Waals surface area contributed by atoms with Gasteiger partial charge in [-0.3, -0.25) is 9.36 Å². The molecule has 0 aliphatic carbocycles. The third kappa shape index (κ3) is 1.56. The van der Waals surface area contributed by atoms with Crippen LogP contribution >= 0.6 is 11.6 Å². The Hall–Kier alpha value is -1.54.